The lowest BCUT2D eigenvalue weighted by Gasteiger charge is -2.21. The van der Waals surface area contributed by atoms with Crippen LogP contribution in [0.5, 0.6) is 0 Å². The van der Waals surface area contributed by atoms with E-state index in [1.807, 2.05) is 37.3 Å². The third kappa shape index (κ3) is 3.70. The average Bonchev–Trinajstić information content (AvgIpc) is 3.36. The zero-order valence-corrected chi connectivity index (χ0v) is 13.7. The highest BCUT2D eigenvalue weighted by atomic mass is 16.2. The normalized spacial score (nSPS) is 16.4. The molecule has 1 amide bonds. The van der Waals surface area contributed by atoms with Gasteiger partial charge in [0.05, 0.1) is 5.69 Å². The standard InChI is InChI=1S/C16H23N7O/c1-2-13(15(24)18-14(10-17)11-8-9-11)19-16-20-21-22-23(16)12-6-4-3-5-7-12/h3-7,11,13-14H,2,8-10,17H2,1H3,(H,18,24)(H,19,20,22). The van der Waals surface area contributed by atoms with E-state index >= 15 is 0 Å². The number of tetrazole rings is 1. The summed E-state index contributed by atoms with van der Waals surface area (Å²) in [6.07, 6.45) is 2.90. The zero-order valence-electron chi connectivity index (χ0n) is 13.7. The molecule has 8 heteroatoms. The fourth-order valence-corrected chi connectivity index (χ4v) is 2.68. The molecule has 2 unspecified atom stereocenters. The van der Waals surface area contributed by atoms with Crippen molar-refractivity contribution in [3.8, 4) is 5.69 Å². The number of hydrogen-bond acceptors (Lipinski definition) is 6. The summed E-state index contributed by atoms with van der Waals surface area (Å²) in [7, 11) is 0. The van der Waals surface area contributed by atoms with Crippen molar-refractivity contribution in [1.29, 1.82) is 0 Å². The Morgan fingerprint density at radius 2 is 2.12 bits per heavy atom. The number of nitrogens with zero attached hydrogens (tertiary/aromatic N) is 4. The van der Waals surface area contributed by atoms with Crippen LogP contribution in [-0.2, 0) is 4.79 Å². The smallest absolute Gasteiger partial charge is 0.248 e. The molecular formula is C16H23N7O. The van der Waals surface area contributed by atoms with Crippen LogP contribution in [0, 0.1) is 5.92 Å². The Morgan fingerprint density at radius 1 is 1.38 bits per heavy atom. The number of nitrogens with two attached hydrogens (primary N) is 1. The molecule has 2 atom stereocenters. The van der Waals surface area contributed by atoms with Gasteiger partial charge in [0.2, 0.25) is 11.9 Å². The number of carbonyl (C=O) groups excluding carboxylic acids is 1. The fourth-order valence-electron chi connectivity index (χ4n) is 2.68. The van der Waals surface area contributed by atoms with Crippen LogP contribution < -0.4 is 16.4 Å². The van der Waals surface area contributed by atoms with Crippen molar-refractivity contribution in [3.05, 3.63) is 30.3 Å². The molecule has 1 aromatic heterocycles. The van der Waals surface area contributed by atoms with Crippen LogP contribution in [0.3, 0.4) is 0 Å². The van der Waals surface area contributed by atoms with Gasteiger partial charge in [0.1, 0.15) is 6.04 Å². The van der Waals surface area contributed by atoms with Crippen molar-refractivity contribution in [2.24, 2.45) is 11.7 Å². The second-order valence-electron chi connectivity index (χ2n) is 6.04. The van der Waals surface area contributed by atoms with Crippen LogP contribution in [0.15, 0.2) is 30.3 Å². The van der Waals surface area contributed by atoms with E-state index in [-0.39, 0.29) is 11.9 Å². The maximum atomic E-state index is 12.5. The second-order valence-corrected chi connectivity index (χ2v) is 6.04. The van der Waals surface area contributed by atoms with Crippen LogP contribution in [0.25, 0.3) is 5.69 Å². The monoisotopic (exact) mass is 329 g/mol. The van der Waals surface area contributed by atoms with Crippen LogP contribution >= 0.6 is 0 Å². The van der Waals surface area contributed by atoms with Gasteiger partial charge < -0.3 is 16.4 Å². The summed E-state index contributed by atoms with van der Waals surface area (Å²) in [5, 5.41) is 17.9. The molecule has 24 heavy (non-hydrogen) atoms. The molecule has 0 saturated heterocycles. The molecule has 1 fully saturated rings. The first kappa shape index (κ1) is 16.4. The Bertz CT molecular complexity index is 668. The zero-order chi connectivity index (χ0) is 16.9. The summed E-state index contributed by atoms with van der Waals surface area (Å²) >= 11 is 0. The summed E-state index contributed by atoms with van der Waals surface area (Å²) in [6.45, 7) is 2.41. The minimum atomic E-state index is -0.411. The molecular weight excluding hydrogens is 306 g/mol. The molecule has 0 spiro atoms. The van der Waals surface area contributed by atoms with E-state index in [0.29, 0.717) is 24.8 Å². The largest absolute Gasteiger partial charge is 0.350 e. The number of carbonyl (C=O) groups is 1. The number of rotatable bonds is 8. The van der Waals surface area contributed by atoms with Crippen LogP contribution in [0.4, 0.5) is 5.95 Å². The van der Waals surface area contributed by atoms with E-state index in [1.165, 1.54) is 0 Å². The van der Waals surface area contributed by atoms with Crippen molar-refractivity contribution in [1.82, 2.24) is 25.5 Å². The summed E-state index contributed by atoms with van der Waals surface area (Å²) in [5.41, 5.74) is 6.60. The maximum Gasteiger partial charge on any atom is 0.248 e. The molecule has 3 rings (SSSR count). The molecule has 2 aromatic rings. The Hall–Kier alpha value is -2.48. The SMILES string of the molecule is CCC(Nc1nnnn1-c1ccccc1)C(=O)NC(CN)C1CC1. The average molecular weight is 329 g/mol. The van der Waals surface area contributed by atoms with Gasteiger partial charge in [-0.3, -0.25) is 4.79 Å². The van der Waals surface area contributed by atoms with E-state index in [9.17, 15) is 4.79 Å². The number of amides is 1. The van der Waals surface area contributed by atoms with Gasteiger partial charge in [0.15, 0.2) is 0 Å². The predicted octanol–water partition coefficient (Wildman–Crippen LogP) is 0.706. The van der Waals surface area contributed by atoms with Gasteiger partial charge in [0, 0.05) is 12.6 Å². The number of anilines is 1. The highest BCUT2D eigenvalue weighted by molar-refractivity contribution is 5.84. The molecule has 128 valence electrons. The number of nitrogens with one attached hydrogen (secondary N) is 2. The molecule has 1 heterocycles. The number of para-hydroxylation sites is 1. The summed E-state index contributed by atoms with van der Waals surface area (Å²) in [4.78, 5) is 12.5. The van der Waals surface area contributed by atoms with E-state index in [0.717, 1.165) is 18.5 Å². The third-order valence-corrected chi connectivity index (χ3v) is 4.27. The van der Waals surface area contributed by atoms with Gasteiger partial charge >= 0.3 is 0 Å². The highest BCUT2D eigenvalue weighted by Crippen LogP contribution is 2.32. The highest BCUT2D eigenvalue weighted by Gasteiger charge is 2.32. The quantitative estimate of drug-likeness (QED) is 0.658. The number of hydrogen-bond donors (Lipinski definition) is 3. The molecule has 1 aliphatic carbocycles. The molecule has 1 saturated carbocycles. The Balaban J connectivity index is 1.69. The van der Waals surface area contributed by atoms with E-state index in [1.54, 1.807) is 4.68 Å². The molecule has 1 aromatic carbocycles. The fraction of sp³-hybridized carbons (Fsp3) is 0.500. The maximum absolute atomic E-state index is 12.5. The van der Waals surface area contributed by atoms with Crippen LogP contribution in [0.1, 0.15) is 26.2 Å². The Kier molecular flexibility index (Phi) is 5.05. The second kappa shape index (κ2) is 7.39. The van der Waals surface area contributed by atoms with Gasteiger partial charge in [-0.1, -0.05) is 30.2 Å². The first-order chi connectivity index (χ1) is 11.7. The van der Waals surface area contributed by atoms with Gasteiger partial charge in [-0.25, -0.2) is 0 Å². The minimum absolute atomic E-state index is 0.0541. The van der Waals surface area contributed by atoms with Gasteiger partial charge in [-0.05, 0) is 47.7 Å². The molecule has 0 bridgehead atoms. The van der Waals surface area contributed by atoms with Crippen LogP contribution in [-0.4, -0.2) is 44.7 Å². The van der Waals surface area contributed by atoms with Gasteiger partial charge in [-0.2, -0.15) is 4.68 Å². The van der Waals surface area contributed by atoms with Crippen molar-refractivity contribution < 1.29 is 4.79 Å². The minimum Gasteiger partial charge on any atom is -0.350 e. The first-order valence-electron chi connectivity index (χ1n) is 8.33. The topological polar surface area (TPSA) is 111 Å². The van der Waals surface area contributed by atoms with Crippen molar-refractivity contribution in [3.63, 3.8) is 0 Å². The van der Waals surface area contributed by atoms with E-state index in [2.05, 4.69) is 26.2 Å². The lowest BCUT2D eigenvalue weighted by atomic mass is 10.1. The molecule has 0 radical (unpaired) electrons. The summed E-state index contributed by atoms with van der Waals surface area (Å²) in [6, 6.07) is 9.19. The summed E-state index contributed by atoms with van der Waals surface area (Å²) < 4.78 is 1.58. The number of benzene rings is 1. The number of aromatic nitrogens is 4. The Labute approximate surface area is 140 Å². The van der Waals surface area contributed by atoms with Gasteiger partial charge in [0.25, 0.3) is 0 Å². The molecule has 4 N–H and O–H groups in total. The molecule has 0 aliphatic heterocycles. The lowest BCUT2D eigenvalue weighted by Crippen LogP contribution is -2.48. The van der Waals surface area contributed by atoms with Crippen LogP contribution in [0.2, 0.25) is 0 Å². The van der Waals surface area contributed by atoms with Crippen molar-refractivity contribution in [2.75, 3.05) is 11.9 Å². The van der Waals surface area contributed by atoms with Crippen molar-refractivity contribution in [2.45, 2.75) is 38.3 Å². The predicted molar refractivity (Wildman–Crippen MR) is 90.6 cm³/mol. The van der Waals surface area contributed by atoms with E-state index < -0.39 is 6.04 Å². The molecule has 8 nitrogen and oxygen atoms in total. The molecule has 1 aliphatic rings. The third-order valence-electron chi connectivity index (χ3n) is 4.27. The Morgan fingerprint density at radius 3 is 2.75 bits per heavy atom. The first-order valence-corrected chi connectivity index (χ1v) is 8.33. The lowest BCUT2D eigenvalue weighted by molar-refractivity contribution is -0.122. The van der Waals surface area contributed by atoms with Crippen molar-refractivity contribution >= 4 is 11.9 Å². The van der Waals surface area contributed by atoms with E-state index in [4.69, 9.17) is 5.73 Å². The summed E-state index contributed by atoms with van der Waals surface area (Å²) in [5.74, 6) is 0.896. The van der Waals surface area contributed by atoms with Gasteiger partial charge in [-0.15, -0.1) is 0 Å².